The summed E-state index contributed by atoms with van der Waals surface area (Å²) in [6.45, 7) is 2.95. The lowest BCUT2D eigenvalue weighted by atomic mass is 10.3. The lowest BCUT2D eigenvalue weighted by molar-refractivity contribution is 0.415. The van der Waals surface area contributed by atoms with Crippen LogP contribution in [0.5, 0.6) is 5.75 Å². The lowest BCUT2D eigenvalue weighted by Crippen LogP contribution is -1.95. The Morgan fingerprint density at radius 1 is 1.21 bits per heavy atom. The Morgan fingerprint density at radius 2 is 2.11 bits per heavy atom. The van der Waals surface area contributed by atoms with Gasteiger partial charge in [-0.3, -0.25) is 0 Å². The van der Waals surface area contributed by atoms with Crippen molar-refractivity contribution in [2.75, 3.05) is 12.4 Å². The van der Waals surface area contributed by atoms with Gasteiger partial charge in [0.25, 0.3) is 0 Å². The molecule has 1 N–H and O–H groups in total. The topological polar surface area (TPSA) is 34.1 Å². The maximum absolute atomic E-state index is 5.22. The third kappa shape index (κ3) is 2.72. The van der Waals surface area contributed by atoms with E-state index in [1.165, 1.54) is 9.75 Å². The average Bonchev–Trinajstić information content (AvgIpc) is 3.01. The Balaban J connectivity index is 1.77. The van der Waals surface area contributed by atoms with Gasteiger partial charge in [-0.05, 0) is 37.3 Å². The van der Waals surface area contributed by atoms with Crippen molar-refractivity contribution in [2.24, 2.45) is 0 Å². The molecule has 0 radical (unpaired) electrons. The maximum atomic E-state index is 5.22. The summed E-state index contributed by atoms with van der Waals surface area (Å²) in [5, 5.41) is 4.33. The Hall–Kier alpha value is -1.59. The summed E-state index contributed by atoms with van der Waals surface area (Å²) in [6, 6.07) is 10.3. The van der Waals surface area contributed by atoms with E-state index in [4.69, 9.17) is 4.74 Å². The fourth-order valence-electron chi connectivity index (χ4n) is 1.85. The second-order valence-corrected chi connectivity index (χ2v) is 6.62. The van der Waals surface area contributed by atoms with Gasteiger partial charge in [0.15, 0.2) is 5.13 Å². The van der Waals surface area contributed by atoms with E-state index >= 15 is 0 Å². The number of aromatic nitrogens is 1. The zero-order valence-electron chi connectivity index (χ0n) is 10.8. The van der Waals surface area contributed by atoms with Crippen LogP contribution in [-0.2, 0) is 6.54 Å². The van der Waals surface area contributed by atoms with Gasteiger partial charge in [-0.15, -0.1) is 11.3 Å². The van der Waals surface area contributed by atoms with Gasteiger partial charge >= 0.3 is 0 Å². The van der Waals surface area contributed by atoms with Gasteiger partial charge in [0, 0.05) is 9.75 Å². The van der Waals surface area contributed by atoms with Crippen molar-refractivity contribution in [2.45, 2.75) is 13.5 Å². The number of thiophene rings is 1. The van der Waals surface area contributed by atoms with Crippen molar-refractivity contribution < 1.29 is 4.74 Å². The van der Waals surface area contributed by atoms with Gasteiger partial charge in [-0.1, -0.05) is 11.3 Å². The second kappa shape index (κ2) is 5.19. The van der Waals surface area contributed by atoms with Gasteiger partial charge in [-0.2, -0.15) is 0 Å². The zero-order chi connectivity index (χ0) is 13.2. The highest BCUT2D eigenvalue weighted by atomic mass is 32.1. The van der Waals surface area contributed by atoms with E-state index in [2.05, 4.69) is 29.4 Å². The Morgan fingerprint density at radius 3 is 2.84 bits per heavy atom. The van der Waals surface area contributed by atoms with Gasteiger partial charge < -0.3 is 10.1 Å². The van der Waals surface area contributed by atoms with Crippen LogP contribution in [0.15, 0.2) is 30.3 Å². The summed E-state index contributed by atoms with van der Waals surface area (Å²) in [5.74, 6) is 0.872. The molecule has 98 valence electrons. The number of hydrogen-bond acceptors (Lipinski definition) is 5. The summed E-state index contributed by atoms with van der Waals surface area (Å²) in [6.07, 6.45) is 0. The molecule has 0 aliphatic carbocycles. The van der Waals surface area contributed by atoms with Crippen LogP contribution >= 0.6 is 22.7 Å². The maximum Gasteiger partial charge on any atom is 0.184 e. The van der Waals surface area contributed by atoms with Crippen LogP contribution in [0.3, 0.4) is 0 Å². The minimum atomic E-state index is 0.829. The van der Waals surface area contributed by atoms with Crippen molar-refractivity contribution in [3.05, 3.63) is 40.1 Å². The molecular weight excluding hydrogens is 276 g/mol. The third-order valence-corrected chi connectivity index (χ3v) is 4.78. The molecule has 5 heteroatoms. The Bertz CT molecular complexity index is 702. The molecule has 19 heavy (non-hydrogen) atoms. The monoisotopic (exact) mass is 290 g/mol. The molecule has 0 saturated carbocycles. The third-order valence-electron chi connectivity index (χ3n) is 2.81. The molecule has 0 aliphatic heterocycles. The van der Waals surface area contributed by atoms with E-state index in [1.807, 2.05) is 29.5 Å². The zero-order valence-corrected chi connectivity index (χ0v) is 12.4. The highest BCUT2D eigenvalue weighted by Crippen LogP contribution is 2.29. The number of thiazole rings is 1. The first-order valence-electron chi connectivity index (χ1n) is 5.98. The van der Waals surface area contributed by atoms with E-state index in [1.54, 1.807) is 18.4 Å². The van der Waals surface area contributed by atoms with Crippen LogP contribution in [0.1, 0.15) is 9.75 Å². The highest BCUT2D eigenvalue weighted by Gasteiger charge is 2.05. The Labute approximate surface area is 119 Å². The predicted octanol–water partition coefficient (Wildman–Crippen LogP) is 4.29. The molecule has 0 aliphatic rings. The quantitative estimate of drug-likeness (QED) is 0.778. The minimum absolute atomic E-state index is 0.829. The number of methoxy groups -OCH3 is 1. The number of hydrogen-bond donors (Lipinski definition) is 1. The average molecular weight is 290 g/mol. The van der Waals surface area contributed by atoms with Gasteiger partial charge in [0.05, 0.1) is 23.9 Å². The van der Waals surface area contributed by atoms with Crippen LogP contribution in [0.25, 0.3) is 10.2 Å². The number of benzene rings is 1. The van der Waals surface area contributed by atoms with Crippen molar-refractivity contribution in [3.8, 4) is 5.75 Å². The number of nitrogens with one attached hydrogen (secondary N) is 1. The van der Waals surface area contributed by atoms with Gasteiger partial charge in [-0.25, -0.2) is 4.98 Å². The van der Waals surface area contributed by atoms with Crippen LogP contribution in [0.2, 0.25) is 0 Å². The predicted molar refractivity (Wildman–Crippen MR) is 82.6 cm³/mol. The number of fused-ring (bicyclic) bond motifs is 1. The van der Waals surface area contributed by atoms with Gasteiger partial charge in [0.2, 0.25) is 0 Å². The molecule has 2 heterocycles. The fraction of sp³-hybridized carbons (Fsp3) is 0.214. The molecule has 0 amide bonds. The smallest absolute Gasteiger partial charge is 0.184 e. The van der Waals surface area contributed by atoms with Crippen molar-refractivity contribution in [1.29, 1.82) is 0 Å². The first-order chi connectivity index (χ1) is 9.24. The fourth-order valence-corrected chi connectivity index (χ4v) is 3.57. The largest absolute Gasteiger partial charge is 0.497 e. The number of nitrogens with zero attached hydrogens (tertiary/aromatic N) is 1. The molecule has 0 spiro atoms. The Kier molecular flexibility index (Phi) is 3.40. The van der Waals surface area contributed by atoms with Crippen molar-refractivity contribution in [1.82, 2.24) is 4.98 Å². The lowest BCUT2D eigenvalue weighted by Gasteiger charge is -1.98. The van der Waals surface area contributed by atoms with E-state index < -0.39 is 0 Å². The van der Waals surface area contributed by atoms with E-state index in [0.717, 1.165) is 27.6 Å². The van der Waals surface area contributed by atoms with Crippen LogP contribution in [-0.4, -0.2) is 12.1 Å². The normalized spacial score (nSPS) is 10.8. The standard InChI is InChI=1S/C14H14N2OS2/c1-9-3-5-11(18-9)8-15-14-16-12-6-4-10(17-2)7-13(12)19-14/h3-7H,8H2,1-2H3,(H,15,16). The summed E-state index contributed by atoms with van der Waals surface area (Å²) in [7, 11) is 1.68. The summed E-state index contributed by atoms with van der Waals surface area (Å²) >= 11 is 3.47. The first-order valence-corrected chi connectivity index (χ1v) is 7.61. The van der Waals surface area contributed by atoms with Crippen molar-refractivity contribution >= 4 is 38.0 Å². The molecule has 1 aromatic carbocycles. The SMILES string of the molecule is COc1ccc2nc(NCc3ccc(C)s3)sc2c1. The van der Waals surface area contributed by atoms with Gasteiger partial charge in [0.1, 0.15) is 5.75 Å². The molecule has 3 rings (SSSR count). The van der Waals surface area contributed by atoms with Crippen LogP contribution < -0.4 is 10.1 Å². The van der Waals surface area contributed by atoms with E-state index in [-0.39, 0.29) is 0 Å². The number of rotatable bonds is 4. The van der Waals surface area contributed by atoms with E-state index in [9.17, 15) is 0 Å². The highest BCUT2D eigenvalue weighted by molar-refractivity contribution is 7.22. The summed E-state index contributed by atoms with van der Waals surface area (Å²) in [4.78, 5) is 7.23. The molecule has 3 aromatic rings. The summed E-state index contributed by atoms with van der Waals surface area (Å²) < 4.78 is 6.37. The number of anilines is 1. The first kappa shape index (κ1) is 12.4. The molecular formula is C14H14N2OS2. The molecule has 0 atom stereocenters. The molecule has 0 saturated heterocycles. The number of ether oxygens (including phenoxy) is 1. The number of aryl methyl sites for hydroxylation is 1. The second-order valence-electron chi connectivity index (χ2n) is 4.22. The molecule has 3 nitrogen and oxygen atoms in total. The van der Waals surface area contributed by atoms with E-state index in [0.29, 0.717) is 0 Å². The molecule has 2 aromatic heterocycles. The van der Waals surface area contributed by atoms with Crippen LogP contribution in [0.4, 0.5) is 5.13 Å². The van der Waals surface area contributed by atoms with Crippen LogP contribution in [0, 0.1) is 6.92 Å². The van der Waals surface area contributed by atoms with Crippen molar-refractivity contribution in [3.63, 3.8) is 0 Å². The summed E-state index contributed by atoms with van der Waals surface area (Å²) in [5.41, 5.74) is 1.01. The molecule has 0 bridgehead atoms. The molecule has 0 fully saturated rings. The minimum Gasteiger partial charge on any atom is -0.497 e. The molecule has 0 unspecified atom stereocenters.